The molecule has 1 unspecified atom stereocenters. The van der Waals surface area contributed by atoms with Gasteiger partial charge in [0.25, 0.3) is 0 Å². The van der Waals surface area contributed by atoms with Gasteiger partial charge in [0.2, 0.25) is 0 Å². The zero-order chi connectivity index (χ0) is 14.9. The van der Waals surface area contributed by atoms with Crippen molar-refractivity contribution in [3.05, 3.63) is 53.4 Å². The Kier molecular flexibility index (Phi) is 3.56. The topological polar surface area (TPSA) is 42.2 Å². The quantitative estimate of drug-likeness (QED) is 0.787. The fourth-order valence-corrected chi connectivity index (χ4v) is 3.24. The monoisotopic (exact) mass is 312 g/mol. The molecule has 0 aliphatic carbocycles. The van der Waals surface area contributed by atoms with E-state index < -0.39 is 0 Å². The van der Waals surface area contributed by atoms with Crippen LogP contribution in [-0.4, -0.2) is 27.7 Å². The third-order valence-corrected chi connectivity index (χ3v) is 4.47. The van der Waals surface area contributed by atoms with Crippen LogP contribution in [0, 0.1) is 0 Å². The minimum Gasteiger partial charge on any atom is -0.316 e. The summed E-state index contributed by atoms with van der Waals surface area (Å²) in [5, 5.41) is 8.51. The first-order valence-electron chi connectivity index (χ1n) is 7.62. The van der Waals surface area contributed by atoms with Crippen molar-refractivity contribution in [3.8, 4) is 11.3 Å². The van der Waals surface area contributed by atoms with Crippen LogP contribution in [0.2, 0.25) is 5.02 Å². The number of piperidine rings is 1. The molecular weight excluding hydrogens is 296 g/mol. The second-order valence-corrected chi connectivity index (χ2v) is 6.16. The number of pyridine rings is 2. The van der Waals surface area contributed by atoms with Gasteiger partial charge in [0.1, 0.15) is 0 Å². The van der Waals surface area contributed by atoms with Crippen molar-refractivity contribution in [1.82, 2.24) is 19.9 Å². The number of rotatable bonds is 2. The molecule has 4 nitrogen and oxygen atoms in total. The summed E-state index contributed by atoms with van der Waals surface area (Å²) >= 11 is 6.02. The van der Waals surface area contributed by atoms with E-state index in [1.807, 2.05) is 30.6 Å². The lowest BCUT2D eigenvalue weighted by atomic mass is 9.95. The van der Waals surface area contributed by atoms with E-state index in [0.29, 0.717) is 10.9 Å². The molecule has 1 fully saturated rings. The van der Waals surface area contributed by atoms with Crippen LogP contribution in [0.1, 0.15) is 24.5 Å². The Morgan fingerprint density at radius 1 is 1.23 bits per heavy atom. The summed E-state index contributed by atoms with van der Waals surface area (Å²) in [6, 6.07) is 10.1. The van der Waals surface area contributed by atoms with Gasteiger partial charge in [-0.15, -0.1) is 0 Å². The molecule has 0 radical (unpaired) electrons. The Morgan fingerprint density at radius 2 is 2.18 bits per heavy atom. The fourth-order valence-electron chi connectivity index (χ4n) is 3.09. The second kappa shape index (κ2) is 5.71. The smallest absolute Gasteiger partial charge is 0.0756 e. The summed E-state index contributed by atoms with van der Waals surface area (Å²) in [5.41, 5.74) is 4.21. The zero-order valence-corrected chi connectivity index (χ0v) is 12.9. The lowest BCUT2D eigenvalue weighted by molar-refractivity contribution is 0.455. The van der Waals surface area contributed by atoms with E-state index >= 15 is 0 Å². The molecule has 3 aromatic rings. The van der Waals surface area contributed by atoms with Gasteiger partial charge in [-0.2, -0.15) is 5.10 Å². The maximum Gasteiger partial charge on any atom is 0.0756 e. The van der Waals surface area contributed by atoms with Crippen LogP contribution in [0.5, 0.6) is 0 Å². The lowest BCUT2D eigenvalue weighted by Gasteiger charge is -2.22. The molecule has 1 aliphatic rings. The van der Waals surface area contributed by atoms with Gasteiger partial charge in [-0.05, 0) is 43.7 Å². The Labute approximate surface area is 134 Å². The van der Waals surface area contributed by atoms with Crippen molar-refractivity contribution in [2.45, 2.75) is 18.8 Å². The SMILES string of the molecule is Clc1ccc2c(-c3cccc(C4CCCNC4)n3)cnn2c1. The van der Waals surface area contributed by atoms with Crippen molar-refractivity contribution in [2.24, 2.45) is 0 Å². The van der Waals surface area contributed by atoms with Crippen LogP contribution in [-0.2, 0) is 0 Å². The van der Waals surface area contributed by atoms with Crippen molar-refractivity contribution < 1.29 is 0 Å². The molecule has 1 atom stereocenters. The molecule has 0 bridgehead atoms. The zero-order valence-electron chi connectivity index (χ0n) is 12.2. The molecule has 4 heterocycles. The fraction of sp³-hybridized carbons (Fsp3) is 0.294. The maximum absolute atomic E-state index is 6.02. The van der Waals surface area contributed by atoms with E-state index in [-0.39, 0.29) is 0 Å². The molecule has 1 saturated heterocycles. The van der Waals surface area contributed by atoms with Crippen LogP contribution < -0.4 is 5.32 Å². The van der Waals surface area contributed by atoms with E-state index in [4.69, 9.17) is 16.6 Å². The van der Waals surface area contributed by atoms with Gasteiger partial charge in [0.05, 0.1) is 22.4 Å². The van der Waals surface area contributed by atoms with Gasteiger partial charge in [-0.25, -0.2) is 4.52 Å². The maximum atomic E-state index is 6.02. The predicted octanol–water partition coefficient (Wildman–Crippen LogP) is 3.52. The Bertz CT molecular complexity index is 805. The standard InChI is InChI=1S/C17H17ClN4/c18-13-6-7-17-14(10-20-22(17)11-13)16-5-1-4-15(21-16)12-3-2-8-19-9-12/h1,4-7,10-12,19H,2-3,8-9H2. The van der Waals surface area contributed by atoms with Crippen molar-refractivity contribution in [1.29, 1.82) is 0 Å². The average Bonchev–Trinajstić information content (AvgIpc) is 2.99. The number of hydrogen-bond acceptors (Lipinski definition) is 3. The van der Waals surface area contributed by atoms with Crippen LogP contribution >= 0.6 is 11.6 Å². The number of nitrogens with one attached hydrogen (secondary N) is 1. The van der Waals surface area contributed by atoms with E-state index in [0.717, 1.165) is 35.6 Å². The summed E-state index contributed by atoms with van der Waals surface area (Å²) in [4.78, 5) is 4.89. The van der Waals surface area contributed by atoms with Crippen LogP contribution in [0.3, 0.4) is 0 Å². The average molecular weight is 313 g/mol. The molecule has 0 aromatic carbocycles. The number of halogens is 1. The van der Waals surface area contributed by atoms with Gasteiger partial charge < -0.3 is 5.32 Å². The summed E-state index contributed by atoms with van der Waals surface area (Å²) in [7, 11) is 0. The van der Waals surface area contributed by atoms with Gasteiger partial charge in [0, 0.05) is 29.9 Å². The third kappa shape index (κ3) is 2.49. The van der Waals surface area contributed by atoms with Crippen molar-refractivity contribution in [2.75, 3.05) is 13.1 Å². The summed E-state index contributed by atoms with van der Waals surface area (Å²) in [5.74, 6) is 0.505. The highest BCUT2D eigenvalue weighted by molar-refractivity contribution is 6.30. The Morgan fingerprint density at radius 3 is 3.05 bits per heavy atom. The van der Waals surface area contributed by atoms with E-state index in [2.05, 4.69) is 22.5 Å². The van der Waals surface area contributed by atoms with E-state index in [9.17, 15) is 0 Å². The third-order valence-electron chi connectivity index (χ3n) is 4.24. The molecule has 0 saturated carbocycles. The largest absolute Gasteiger partial charge is 0.316 e. The molecule has 112 valence electrons. The van der Waals surface area contributed by atoms with Crippen LogP contribution in [0.25, 0.3) is 16.8 Å². The lowest BCUT2D eigenvalue weighted by Crippen LogP contribution is -2.28. The number of aromatic nitrogens is 3. The summed E-state index contributed by atoms with van der Waals surface area (Å²) < 4.78 is 1.80. The van der Waals surface area contributed by atoms with Gasteiger partial charge in [-0.1, -0.05) is 17.7 Å². The van der Waals surface area contributed by atoms with Crippen LogP contribution in [0.15, 0.2) is 42.7 Å². The number of fused-ring (bicyclic) bond motifs is 1. The van der Waals surface area contributed by atoms with Crippen molar-refractivity contribution >= 4 is 17.1 Å². The van der Waals surface area contributed by atoms with Crippen LogP contribution in [0.4, 0.5) is 0 Å². The first-order chi connectivity index (χ1) is 10.8. The normalized spacial score (nSPS) is 18.7. The molecule has 4 rings (SSSR count). The molecular formula is C17H17ClN4. The molecule has 1 N–H and O–H groups in total. The predicted molar refractivity (Wildman–Crippen MR) is 88.3 cm³/mol. The van der Waals surface area contributed by atoms with Gasteiger partial charge >= 0.3 is 0 Å². The summed E-state index contributed by atoms with van der Waals surface area (Å²) in [6.07, 6.45) is 6.09. The molecule has 3 aromatic heterocycles. The number of hydrogen-bond donors (Lipinski definition) is 1. The minimum absolute atomic E-state index is 0.505. The first-order valence-corrected chi connectivity index (χ1v) is 8.00. The summed E-state index contributed by atoms with van der Waals surface area (Å²) in [6.45, 7) is 2.13. The highest BCUT2D eigenvalue weighted by atomic mass is 35.5. The molecule has 0 spiro atoms. The minimum atomic E-state index is 0.505. The molecule has 1 aliphatic heterocycles. The van der Waals surface area contributed by atoms with Crippen molar-refractivity contribution in [3.63, 3.8) is 0 Å². The first kappa shape index (κ1) is 13.7. The van der Waals surface area contributed by atoms with E-state index in [1.165, 1.54) is 12.8 Å². The Hall–Kier alpha value is -1.91. The second-order valence-electron chi connectivity index (χ2n) is 5.73. The number of nitrogens with zero attached hydrogens (tertiary/aromatic N) is 3. The molecule has 22 heavy (non-hydrogen) atoms. The Balaban J connectivity index is 1.75. The van der Waals surface area contributed by atoms with Gasteiger partial charge in [0.15, 0.2) is 0 Å². The molecule has 5 heteroatoms. The van der Waals surface area contributed by atoms with Gasteiger partial charge in [-0.3, -0.25) is 4.98 Å². The highest BCUT2D eigenvalue weighted by Gasteiger charge is 2.17. The molecule has 0 amide bonds. The highest BCUT2D eigenvalue weighted by Crippen LogP contribution is 2.27. The van der Waals surface area contributed by atoms with E-state index in [1.54, 1.807) is 4.52 Å².